The minimum atomic E-state index is -4.27. The van der Waals surface area contributed by atoms with Crippen LogP contribution < -0.4 is 4.74 Å². The van der Waals surface area contributed by atoms with Gasteiger partial charge in [0.25, 0.3) is 0 Å². The average Bonchev–Trinajstić information content (AvgIpc) is 2.42. The highest BCUT2D eigenvalue weighted by Gasteiger charge is 2.26. The van der Waals surface area contributed by atoms with E-state index in [4.69, 9.17) is 9.84 Å². The third kappa shape index (κ3) is 3.80. The van der Waals surface area contributed by atoms with Crippen molar-refractivity contribution in [2.24, 2.45) is 0 Å². The van der Waals surface area contributed by atoms with Crippen LogP contribution in [0.2, 0.25) is 0 Å². The van der Waals surface area contributed by atoms with Crippen LogP contribution in [0.4, 0.5) is 13.2 Å². The summed E-state index contributed by atoms with van der Waals surface area (Å²) in [6.07, 6.45) is -5.53. The second-order valence-corrected chi connectivity index (χ2v) is 4.27. The molecule has 112 valence electrons. The number of nitrogens with zero attached hydrogens (tertiary/aromatic N) is 2. The zero-order valence-electron chi connectivity index (χ0n) is 10.7. The van der Waals surface area contributed by atoms with Gasteiger partial charge in [0.2, 0.25) is 5.69 Å². The fourth-order valence-electron chi connectivity index (χ4n) is 1.76. The molecule has 0 amide bonds. The van der Waals surface area contributed by atoms with E-state index >= 15 is 0 Å². The number of carboxylic acids is 1. The van der Waals surface area contributed by atoms with Crippen molar-refractivity contribution in [3.8, 4) is 5.75 Å². The lowest BCUT2D eigenvalue weighted by molar-refractivity contribution is -0.136. The Hall–Kier alpha value is -2.38. The van der Waals surface area contributed by atoms with E-state index < -0.39 is 24.3 Å². The molecule has 0 saturated heterocycles. The fraction of sp³-hybridized carbons (Fsp3) is 0.308. The number of hydrogen-bond acceptors (Lipinski definition) is 4. The number of aromatic carboxylic acids is 1. The van der Waals surface area contributed by atoms with E-state index in [0.29, 0.717) is 10.9 Å². The third-order valence-electron chi connectivity index (χ3n) is 2.68. The van der Waals surface area contributed by atoms with Crippen molar-refractivity contribution in [3.63, 3.8) is 0 Å². The highest BCUT2D eigenvalue weighted by atomic mass is 19.4. The Morgan fingerprint density at radius 2 is 1.95 bits per heavy atom. The molecule has 0 spiro atoms. The van der Waals surface area contributed by atoms with Crippen molar-refractivity contribution in [3.05, 3.63) is 30.0 Å². The third-order valence-corrected chi connectivity index (χ3v) is 2.68. The molecule has 21 heavy (non-hydrogen) atoms. The molecule has 1 aromatic carbocycles. The molecule has 0 aliphatic carbocycles. The Labute approximate surface area is 117 Å². The van der Waals surface area contributed by atoms with Gasteiger partial charge in [0.05, 0.1) is 12.1 Å². The molecule has 1 N–H and O–H groups in total. The second kappa shape index (κ2) is 5.94. The normalized spacial score (nSPS) is 11.6. The summed E-state index contributed by atoms with van der Waals surface area (Å²) in [5.74, 6) is -1.41. The summed E-state index contributed by atoms with van der Waals surface area (Å²) in [4.78, 5) is 11.1. The van der Waals surface area contributed by atoms with Gasteiger partial charge < -0.3 is 9.84 Å². The predicted octanol–water partition coefficient (Wildman–Crippen LogP) is 3.05. The number of benzene rings is 1. The highest BCUT2D eigenvalue weighted by Crippen LogP contribution is 2.28. The molecule has 2 aromatic rings. The summed E-state index contributed by atoms with van der Waals surface area (Å²) in [6, 6.07) is 6.52. The van der Waals surface area contributed by atoms with Crippen LogP contribution in [0.25, 0.3) is 10.9 Å². The molecule has 1 heterocycles. The molecule has 0 radical (unpaired) electrons. The topological polar surface area (TPSA) is 72.3 Å². The van der Waals surface area contributed by atoms with Crippen LogP contribution >= 0.6 is 0 Å². The van der Waals surface area contributed by atoms with Gasteiger partial charge in [-0.15, -0.1) is 10.2 Å². The molecule has 8 heteroatoms. The molecule has 0 bridgehead atoms. The number of aromatic nitrogens is 2. The van der Waals surface area contributed by atoms with Gasteiger partial charge in [-0.1, -0.05) is 12.1 Å². The number of hydrogen-bond donors (Lipinski definition) is 1. The zero-order chi connectivity index (χ0) is 15.5. The van der Waals surface area contributed by atoms with E-state index in [1.165, 1.54) is 0 Å². The summed E-state index contributed by atoms with van der Waals surface area (Å²) in [5, 5.41) is 16.7. The van der Waals surface area contributed by atoms with Gasteiger partial charge in [-0.25, -0.2) is 4.79 Å². The van der Waals surface area contributed by atoms with Gasteiger partial charge in [0.1, 0.15) is 0 Å². The van der Waals surface area contributed by atoms with Gasteiger partial charge in [-0.2, -0.15) is 13.2 Å². The number of carboxylic acid groups (broad SMARTS) is 1. The van der Waals surface area contributed by atoms with Gasteiger partial charge in [0.15, 0.2) is 5.75 Å². The van der Waals surface area contributed by atoms with Crippen LogP contribution in [0.3, 0.4) is 0 Å². The number of carbonyl (C=O) groups is 1. The Morgan fingerprint density at radius 1 is 1.24 bits per heavy atom. The monoisotopic (exact) mass is 300 g/mol. The van der Waals surface area contributed by atoms with Crippen molar-refractivity contribution >= 4 is 16.9 Å². The summed E-state index contributed by atoms with van der Waals surface area (Å²) >= 11 is 0. The van der Waals surface area contributed by atoms with Crippen LogP contribution in [0.15, 0.2) is 24.3 Å². The Balaban J connectivity index is 2.23. The van der Waals surface area contributed by atoms with Crippen molar-refractivity contribution in [1.82, 2.24) is 10.2 Å². The fourth-order valence-corrected chi connectivity index (χ4v) is 1.76. The minimum absolute atomic E-state index is 0.0599. The number of ether oxygens (including phenoxy) is 1. The first-order valence-corrected chi connectivity index (χ1v) is 6.07. The van der Waals surface area contributed by atoms with Gasteiger partial charge >= 0.3 is 12.1 Å². The summed E-state index contributed by atoms with van der Waals surface area (Å²) < 4.78 is 41.4. The molecule has 0 atom stereocenters. The predicted molar refractivity (Wildman–Crippen MR) is 67.3 cm³/mol. The largest absolute Gasteiger partial charge is 0.490 e. The summed E-state index contributed by atoms with van der Waals surface area (Å²) in [7, 11) is 0. The van der Waals surface area contributed by atoms with Crippen LogP contribution in [-0.2, 0) is 0 Å². The maximum Gasteiger partial charge on any atom is 0.389 e. The first-order valence-electron chi connectivity index (χ1n) is 6.07. The Kier molecular flexibility index (Phi) is 4.25. The Morgan fingerprint density at radius 3 is 2.62 bits per heavy atom. The zero-order valence-corrected chi connectivity index (χ0v) is 10.7. The maximum atomic E-state index is 12.1. The average molecular weight is 300 g/mol. The quantitative estimate of drug-likeness (QED) is 0.859. The smallest absolute Gasteiger partial charge is 0.389 e. The van der Waals surface area contributed by atoms with E-state index in [-0.39, 0.29) is 18.8 Å². The van der Waals surface area contributed by atoms with Crippen molar-refractivity contribution in [1.29, 1.82) is 0 Å². The first kappa shape index (κ1) is 15.0. The number of halogens is 3. The molecule has 1 aromatic heterocycles. The van der Waals surface area contributed by atoms with Gasteiger partial charge in [-0.05, 0) is 18.6 Å². The molecule has 0 fully saturated rings. The molecule has 0 unspecified atom stereocenters. The van der Waals surface area contributed by atoms with E-state index in [0.717, 1.165) is 0 Å². The molecular formula is C13H11F3N2O3. The number of alkyl halides is 3. The van der Waals surface area contributed by atoms with Crippen LogP contribution in [0.1, 0.15) is 23.3 Å². The molecule has 5 nitrogen and oxygen atoms in total. The molecule has 2 rings (SSSR count). The number of fused-ring (bicyclic) bond motifs is 1. The van der Waals surface area contributed by atoms with Crippen molar-refractivity contribution in [2.75, 3.05) is 6.61 Å². The van der Waals surface area contributed by atoms with E-state index in [1.807, 2.05) is 0 Å². The Bertz CT molecular complexity index is 659. The minimum Gasteiger partial charge on any atom is -0.490 e. The standard InChI is InChI=1S/C13H11F3N2O3/c14-13(15,16)6-3-7-21-11-8-4-1-2-5-9(8)17-18-10(11)12(19)20/h1-2,4-5H,3,6-7H2,(H,19,20). The van der Waals surface area contributed by atoms with Gasteiger partial charge in [-0.3, -0.25) is 0 Å². The molecule has 0 aliphatic heterocycles. The van der Waals surface area contributed by atoms with Crippen molar-refractivity contribution < 1.29 is 27.8 Å². The van der Waals surface area contributed by atoms with Crippen LogP contribution in [0.5, 0.6) is 5.75 Å². The van der Waals surface area contributed by atoms with Crippen molar-refractivity contribution in [2.45, 2.75) is 19.0 Å². The van der Waals surface area contributed by atoms with Crippen LogP contribution in [-0.4, -0.2) is 34.1 Å². The SMILES string of the molecule is O=C(O)c1nnc2ccccc2c1OCCCC(F)(F)F. The van der Waals surface area contributed by atoms with E-state index in [1.54, 1.807) is 24.3 Å². The second-order valence-electron chi connectivity index (χ2n) is 4.27. The van der Waals surface area contributed by atoms with E-state index in [2.05, 4.69) is 10.2 Å². The summed E-state index contributed by atoms with van der Waals surface area (Å²) in [5.41, 5.74) is -0.00553. The maximum absolute atomic E-state index is 12.1. The first-order chi connectivity index (χ1) is 9.88. The molecule has 0 aliphatic rings. The van der Waals surface area contributed by atoms with Crippen LogP contribution in [0, 0.1) is 0 Å². The lowest BCUT2D eigenvalue weighted by Crippen LogP contribution is -2.12. The molecule has 0 saturated carbocycles. The summed E-state index contributed by atoms with van der Waals surface area (Å²) in [6.45, 7) is -0.254. The number of rotatable bonds is 5. The highest BCUT2D eigenvalue weighted by molar-refractivity contribution is 5.96. The van der Waals surface area contributed by atoms with Gasteiger partial charge in [0, 0.05) is 11.8 Å². The lowest BCUT2D eigenvalue weighted by Gasteiger charge is -2.11. The van der Waals surface area contributed by atoms with E-state index in [9.17, 15) is 18.0 Å². The molecular weight excluding hydrogens is 289 g/mol. The lowest BCUT2D eigenvalue weighted by atomic mass is 10.2.